The van der Waals surface area contributed by atoms with Crippen molar-refractivity contribution in [3.8, 4) is 0 Å². The van der Waals surface area contributed by atoms with E-state index in [9.17, 15) is 37.8 Å². The van der Waals surface area contributed by atoms with Gasteiger partial charge in [-0.25, -0.2) is 48.2 Å². The number of ether oxygens (including phenoxy) is 6. The summed E-state index contributed by atoms with van der Waals surface area (Å²) in [4.78, 5) is 68.5. The SMILES string of the molecule is Nc1ncnc2c1ncn2[C@@H]1O[C@H](COP(=O)(O)OP(=O)(O)OP(=O)(O)OP(=O)(O)OC[C@H]2O[C@H](n3cnc4c(N)ncnc43)[C@@H](OCCc3ccccc3)[C@H]2OCCc2ccccc2)[C@@H](OCCc2ccccc2)[C@H]1OCCc1ccccc1. The van der Waals surface area contributed by atoms with Gasteiger partial charge in [0.15, 0.2) is 35.4 Å². The Bertz CT molecular complexity index is 3440. The van der Waals surface area contributed by atoms with E-state index >= 15 is 0 Å². The Morgan fingerprint density at radius 1 is 0.424 bits per heavy atom. The van der Waals surface area contributed by atoms with Crippen molar-refractivity contribution in [1.82, 2.24) is 39.0 Å². The van der Waals surface area contributed by atoms with Crippen LogP contribution in [0.3, 0.4) is 0 Å². The number of benzene rings is 4. The molecule has 8 aromatic rings. The summed E-state index contributed by atoms with van der Waals surface area (Å²) >= 11 is 0. The van der Waals surface area contributed by atoms with Gasteiger partial charge in [-0.2, -0.15) is 12.9 Å². The number of hydrogen-bond acceptors (Lipinski definition) is 23. The average Bonchev–Trinajstić information content (AvgIpc) is 2.65. The van der Waals surface area contributed by atoms with Crippen LogP contribution in [0.2, 0.25) is 0 Å². The zero-order valence-electron chi connectivity index (χ0n) is 45.0. The molecule has 0 aliphatic carbocycles. The second kappa shape index (κ2) is 27.7. The maximum Gasteiger partial charge on any atom is 0.490 e. The number of nitrogens with zero attached hydrogens (tertiary/aromatic N) is 8. The molecule has 4 aromatic heterocycles. The third kappa shape index (κ3) is 16.3. The van der Waals surface area contributed by atoms with E-state index in [1.54, 1.807) is 0 Å². The molecule has 10 rings (SSSR count). The number of rotatable bonds is 30. The molecule has 2 fully saturated rings. The molecule has 0 saturated carbocycles. The lowest BCUT2D eigenvalue weighted by Gasteiger charge is -2.26. The van der Waals surface area contributed by atoms with E-state index in [2.05, 4.69) is 42.8 Å². The number of nitrogen functional groups attached to an aromatic ring is 2. The van der Waals surface area contributed by atoms with Gasteiger partial charge < -0.3 is 59.5 Å². The van der Waals surface area contributed by atoms with Crippen molar-refractivity contribution in [3.05, 3.63) is 169 Å². The van der Waals surface area contributed by atoms with Crippen LogP contribution in [-0.4, -0.2) is 135 Å². The second-order valence-corrected chi connectivity index (χ2v) is 25.5. The van der Waals surface area contributed by atoms with Crippen molar-refractivity contribution in [2.24, 2.45) is 0 Å². The molecule has 85 heavy (non-hydrogen) atoms. The van der Waals surface area contributed by atoms with E-state index in [4.69, 9.17) is 48.9 Å². The van der Waals surface area contributed by atoms with Crippen LogP contribution in [0, 0.1) is 0 Å². The van der Waals surface area contributed by atoms with E-state index in [0.29, 0.717) is 25.7 Å². The van der Waals surface area contributed by atoms with Gasteiger partial charge in [0.25, 0.3) is 0 Å². The van der Waals surface area contributed by atoms with Crippen LogP contribution < -0.4 is 11.5 Å². The summed E-state index contributed by atoms with van der Waals surface area (Å²) in [6.45, 7) is -1.40. The molecular weight excluding hydrogens is 1190 g/mol. The van der Waals surface area contributed by atoms with Crippen molar-refractivity contribution in [2.45, 2.75) is 74.8 Å². The molecule has 2 aliphatic heterocycles. The van der Waals surface area contributed by atoms with E-state index in [1.165, 1.54) is 34.4 Å². The van der Waals surface area contributed by atoms with Crippen LogP contribution in [0.5, 0.6) is 0 Å². The summed E-state index contributed by atoms with van der Waals surface area (Å²) in [6.07, 6.45) is -2.13. The summed E-state index contributed by atoms with van der Waals surface area (Å²) in [7, 11) is -24.2. The summed E-state index contributed by atoms with van der Waals surface area (Å²) in [5.41, 5.74) is 16.9. The molecule has 29 nitrogen and oxygen atoms in total. The number of phosphoric ester groups is 2. The standard InChI is InChI=1S/C52H60N10O19P4/c53-47-41-49(57-31-55-47)61(33-59-41)51-45(73-27-23-37-17-9-3-10-18-37)43(71-25-21-35-13-5-1-6-14-35)39(77-51)29-75-82(63,64)79-84(67,68)81-85(69,70)80-83(65,66)76-30-40-44(72-26-22-36-15-7-2-8-16-36)46(74-28-24-38-19-11-4-12-20-38)52(78-40)62-34-60-42-48(54)56-32-58-50(42)62/h1-20,31-34,39-40,43-46,51-52H,21-30H2,(H,63,64)(H,65,66)(H,67,68)(H,69,70)(H2,53,55,57)(H2,54,56,58)/t39-,40-,43-,44+,45-,46+,51-,52+/m1/s1. The topological polar surface area (TPSA) is 390 Å². The highest BCUT2D eigenvalue weighted by Crippen LogP contribution is 2.71. The molecule has 0 amide bonds. The lowest BCUT2D eigenvalue weighted by molar-refractivity contribution is -0.0775. The Balaban J connectivity index is 0.817. The highest BCUT2D eigenvalue weighted by molar-refractivity contribution is 7.69. The predicted octanol–water partition coefficient (Wildman–Crippen LogP) is 6.62. The fraction of sp³-hybridized carbons (Fsp3) is 0.346. The van der Waals surface area contributed by atoms with Crippen LogP contribution in [-0.2, 0) is 94.3 Å². The summed E-state index contributed by atoms with van der Waals surface area (Å²) in [5.74, 6) is 0.138. The monoisotopic (exact) mass is 1250 g/mol. The number of nitrogens with two attached hydrogens (primary N) is 2. The lowest BCUT2D eigenvalue weighted by Crippen LogP contribution is -2.39. The van der Waals surface area contributed by atoms with Crippen LogP contribution >= 0.6 is 31.3 Å². The molecule has 0 radical (unpaired) electrons. The van der Waals surface area contributed by atoms with Crippen molar-refractivity contribution in [1.29, 1.82) is 0 Å². The Morgan fingerprint density at radius 2 is 0.729 bits per heavy atom. The minimum absolute atomic E-state index is 0.0691. The molecular formula is C52H60N10O19P4. The number of aromatic nitrogens is 8. The number of phosphoric acid groups is 4. The molecule has 4 aromatic carbocycles. The number of imidazole rings is 2. The van der Waals surface area contributed by atoms with Gasteiger partial charge in [0, 0.05) is 0 Å². The minimum atomic E-state index is -6.27. The molecule has 12 atom stereocenters. The first-order chi connectivity index (χ1) is 40.9. The molecule has 0 bridgehead atoms. The zero-order chi connectivity index (χ0) is 59.6. The maximum absolute atomic E-state index is 13.5. The molecule has 33 heteroatoms. The van der Waals surface area contributed by atoms with Crippen molar-refractivity contribution < 1.29 is 88.2 Å². The Hall–Kier alpha value is -6.10. The minimum Gasteiger partial charge on any atom is -0.382 e. The molecule has 452 valence electrons. The largest absolute Gasteiger partial charge is 0.490 e. The normalized spacial score (nSPS) is 23.6. The number of anilines is 2. The van der Waals surface area contributed by atoms with Gasteiger partial charge in [-0.15, -0.1) is 0 Å². The quantitative estimate of drug-likeness (QED) is 0.0257. The van der Waals surface area contributed by atoms with Crippen LogP contribution in [0.1, 0.15) is 34.7 Å². The molecule has 0 spiro atoms. The third-order valence-electron chi connectivity index (χ3n) is 13.5. The first kappa shape index (κ1) is 62.0. The highest BCUT2D eigenvalue weighted by atomic mass is 31.3. The van der Waals surface area contributed by atoms with Gasteiger partial charge in [0.05, 0.1) is 52.3 Å². The van der Waals surface area contributed by atoms with Crippen LogP contribution in [0.4, 0.5) is 11.6 Å². The Labute approximate surface area is 485 Å². The van der Waals surface area contributed by atoms with Gasteiger partial charge in [-0.05, 0) is 47.9 Å². The summed E-state index contributed by atoms with van der Waals surface area (Å²) in [5, 5.41) is 0. The maximum atomic E-state index is 13.5. The lowest BCUT2D eigenvalue weighted by atomic mass is 10.1. The van der Waals surface area contributed by atoms with Crippen molar-refractivity contribution in [2.75, 3.05) is 51.1 Å². The van der Waals surface area contributed by atoms with Gasteiger partial charge in [-0.3, -0.25) is 18.2 Å². The van der Waals surface area contributed by atoms with E-state index in [0.717, 1.165) is 22.3 Å². The smallest absolute Gasteiger partial charge is 0.382 e. The molecule has 8 N–H and O–H groups in total. The third-order valence-corrected chi connectivity index (χ3v) is 19.4. The molecule has 4 unspecified atom stereocenters. The summed E-state index contributed by atoms with van der Waals surface area (Å²) in [6, 6.07) is 37.6. The van der Waals surface area contributed by atoms with Crippen molar-refractivity contribution in [3.63, 3.8) is 0 Å². The van der Waals surface area contributed by atoms with Gasteiger partial charge >= 0.3 is 31.3 Å². The highest BCUT2D eigenvalue weighted by Gasteiger charge is 2.52. The first-order valence-electron chi connectivity index (χ1n) is 26.4. The molecule has 2 saturated heterocycles. The molecule has 2 aliphatic rings. The van der Waals surface area contributed by atoms with Crippen LogP contribution in [0.25, 0.3) is 22.3 Å². The van der Waals surface area contributed by atoms with Gasteiger partial charge in [-0.1, -0.05) is 121 Å². The van der Waals surface area contributed by atoms with Crippen molar-refractivity contribution >= 4 is 65.3 Å². The number of fused-ring (bicyclic) bond motifs is 2. The zero-order valence-corrected chi connectivity index (χ0v) is 48.6. The predicted molar refractivity (Wildman–Crippen MR) is 301 cm³/mol. The van der Waals surface area contributed by atoms with Crippen LogP contribution in [0.15, 0.2) is 147 Å². The summed E-state index contributed by atoms with van der Waals surface area (Å²) < 4.78 is 119. The Morgan fingerprint density at radius 3 is 1.06 bits per heavy atom. The van der Waals surface area contributed by atoms with E-state index in [1.807, 2.05) is 121 Å². The Kier molecular flexibility index (Phi) is 20.2. The first-order valence-corrected chi connectivity index (χ1v) is 32.4. The average molecular weight is 1250 g/mol. The second-order valence-electron chi connectivity index (χ2n) is 19.3. The van der Waals surface area contributed by atoms with Gasteiger partial charge in [0.1, 0.15) is 60.3 Å². The fourth-order valence-corrected chi connectivity index (χ4v) is 14.6. The fourth-order valence-electron chi connectivity index (χ4n) is 9.64. The van der Waals surface area contributed by atoms with E-state index in [-0.39, 0.29) is 60.4 Å². The van der Waals surface area contributed by atoms with E-state index < -0.39 is 93.6 Å². The molecule has 6 heterocycles. The van der Waals surface area contributed by atoms with Gasteiger partial charge in [0.2, 0.25) is 0 Å². The number of hydrogen-bond donors (Lipinski definition) is 6.